The van der Waals surface area contributed by atoms with Crippen LogP contribution in [0.25, 0.3) is 17.2 Å². The fraction of sp³-hybridized carbons (Fsp3) is 0.438. The Balaban J connectivity index is -0.000000253. The van der Waals surface area contributed by atoms with E-state index in [1.165, 1.54) is 16.7 Å². The van der Waals surface area contributed by atoms with Gasteiger partial charge in [0.1, 0.15) is 5.78 Å². The molecule has 0 heterocycles. The van der Waals surface area contributed by atoms with E-state index >= 15 is 0 Å². The van der Waals surface area contributed by atoms with Crippen LogP contribution in [-0.2, 0) is 4.79 Å². The van der Waals surface area contributed by atoms with Crippen LogP contribution in [0.5, 0.6) is 0 Å². The molecule has 0 amide bonds. The molecule has 1 N–H and O–H groups in total. The van der Waals surface area contributed by atoms with Crippen molar-refractivity contribution < 1.29 is 14.7 Å². The van der Waals surface area contributed by atoms with Crippen molar-refractivity contribution in [1.29, 1.82) is 0 Å². The highest BCUT2D eigenvalue weighted by molar-refractivity contribution is 5.94. The third-order valence-corrected chi connectivity index (χ3v) is 4.60. The maximum absolute atomic E-state index is 11.3. The Kier molecular flexibility index (Phi) is 29.1. The van der Waals surface area contributed by atoms with Crippen molar-refractivity contribution in [2.45, 2.75) is 83.1 Å². The smallest absolute Gasteiger partial charge is 0.159 e. The lowest BCUT2D eigenvalue weighted by Gasteiger charge is -2.07. The van der Waals surface area contributed by atoms with E-state index in [1.807, 2.05) is 92.7 Å². The summed E-state index contributed by atoms with van der Waals surface area (Å²) in [6, 6.07) is 14.2. The first-order valence-electron chi connectivity index (χ1n) is 12.6. The monoisotopic (exact) mass is 484 g/mol. The van der Waals surface area contributed by atoms with Crippen molar-refractivity contribution in [3.63, 3.8) is 0 Å². The van der Waals surface area contributed by atoms with Gasteiger partial charge in [-0.15, -0.1) is 0 Å². The lowest BCUT2D eigenvalue weighted by molar-refractivity contribution is -0.119. The van der Waals surface area contributed by atoms with Crippen molar-refractivity contribution in [2.24, 2.45) is 5.92 Å². The number of aliphatic hydroxyl groups excluding tert-OH is 1. The van der Waals surface area contributed by atoms with Crippen LogP contribution in [0, 0.1) is 12.8 Å². The van der Waals surface area contributed by atoms with Gasteiger partial charge in [-0.25, -0.2) is 0 Å². The molecule has 0 saturated heterocycles. The van der Waals surface area contributed by atoms with E-state index in [0.29, 0.717) is 0 Å². The summed E-state index contributed by atoms with van der Waals surface area (Å²) in [5.74, 6) is 0.331. The summed E-state index contributed by atoms with van der Waals surface area (Å²) in [7, 11) is 1.00. The Morgan fingerprint density at radius 2 is 1.26 bits per heavy atom. The first-order valence-corrected chi connectivity index (χ1v) is 12.6. The molecule has 0 aliphatic heterocycles. The molecule has 0 bridgehead atoms. The Hall–Kier alpha value is -2.78. The van der Waals surface area contributed by atoms with E-state index in [0.717, 1.165) is 23.8 Å². The van der Waals surface area contributed by atoms with E-state index in [4.69, 9.17) is 5.11 Å². The van der Waals surface area contributed by atoms with Gasteiger partial charge in [0.25, 0.3) is 0 Å². The molecular weight excluding hydrogens is 432 g/mol. The topological polar surface area (TPSA) is 54.4 Å². The van der Waals surface area contributed by atoms with Crippen molar-refractivity contribution in [1.82, 2.24) is 0 Å². The molecule has 0 aromatic heterocycles. The van der Waals surface area contributed by atoms with Crippen LogP contribution in [-0.4, -0.2) is 23.8 Å². The van der Waals surface area contributed by atoms with E-state index in [-0.39, 0.29) is 17.5 Å². The van der Waals surface area contributed by atoms with E-state index in [2.05, 4.69) is 37.8 Å². The predicted molar refractivity (Wildman–Crippen MR) is 158 cm³/mol. The highest BCUT2D eigenvalue weighted by atomic mass is 16.2. The number of hydrogen-bond acceptors (Lipinski definition) is 3. The third-order valence-electron chi connectivity index (χ3n) is 4.60. The number of benzene rings is 2. The first kappa shape index (κ1) is 39.4. The second kappa shape index (κ2) is 25.8. The van der Waals surface area contributed by atoms with Gasteiger partial charge in [-0.3, -0.25) is 9.59 Å². The molecule has 2 aromatic rings. The van der Waals surface area contributed by atoms with E-state index in [1.54, 1.807) is 13.8 Å². The quantitative estimate of drug-likeness (QED) is 0.340. The minimum absolute atomic E-state index is 0.0370. The predicted octanol–water partition coefficient (Wildman–Crippen LogP) is 9.37. The standard InChI is InChI=1S/C18H18O.C7H12O.3C2H6.CH4O/c1-4-5-17-12-18(7-6-13(17)2)16-10-8-15(9-11-16)14(3)19;1-5(2)6(3)7(4)8;4*1-2/h4-12H,1-3H3;6H,1H2,2-4H3;3*1-2H3;2H,1H3/b5-4-;;;;;. The van der Waals surface area contributed by atoms with Crippen LogP contribution in [0.2, 0.25) is 0 Å². The summed E-state index contributed by atoms with van der Waals surface area (Å²) in [6.07, 6.45) is 4.16. The van der Waals surface area contributed by atoms with Crippen molar-refractivity contribution in [3.05, 3.63) is 77.4 Å². The zero-order valence-corrected chi connectivity index (χ0v) is 24.7. The number of allylic oxidation sites excluding steroid dienone is 2. The summed E-state index contributed by atoms with van der Waals surface area (Å²) in [4.78, 5) is 21.8. The number of carbonyl (C=O) groups excluding carboxylic acids is 2. The minimum atomic E-state index is 0.0370. The van der Waals surface area contributed by atoms with Gasteiger partial charge in [-0.1, -0.05) is 109 Å². The Morgan fingerprint density at radius 1 is 0.829 bits per heavy atom. The molecule has 198 valence electrons. The Labute approximate surface area is 217 Å². The van der Waals surface area contributed by atoms with Gasteiger partial charge >= 0.3 is 0 Å². The van der Waals surface area contributed by atoms with Gasteiger partial charge < -0.3 is 5.11 Å². The lowest BCUT2D eigenvalue weighted by atomic mass is 9.98. The number of carbonyl (C=O) groups is 2. The highest BCUT2D eigenvalue weighted by Crippen LogP contribution is 2.23. The molecule has 2 aromatic carbocycles. The molecule has 2 rings (SSSR count). The summed E-state index contributed by atoms with van der Waals surface area (Å²) >= 11 is 0. The zero-order valence-electron chi connectivity index (χ0n) is 24.7. The summed E-state index contributed by atoms with van der Waals surface area (Å²) < 4.78 is 0. The van der Waals surface area contributed by atoms with Crippen LogP contribution in [0.15, 0.2) is 60.7 Å². The molecule has 3 heteroatoms. The van der Waals surface area contributed by atoms with Crippen LogP contribution < -0.4 is 0 Å². The summed E-state index contributed by atoms with van der Waals surface area (Å²) in [6.45, 7) is 26.7. The average molecular weight is 485 g/mol. The van der Waals surface area contributed by atoms with Crippen LogP contribution in [0.1, 0.15) is 97.6 Å². The molecular formula is C32H52O3. The number of rotatable bonds is 5. The Morgan fingerprint density at radius 3 is 1.57 bits per heavy atom. The molecule has 1 atom stereocenters. The zero-order chi connectivity index (χ0) is 28.6. The number of Topliss-reactive ketones (excluding diaryl/α,β-unsaturated/α-hetero) is 2. The van der Waals surface area contributed by atoms with Gasteiger partial charge in [0.15, 0.2) is 5.78 Å². The van der Waals surface area contributed by atoms with Crippen LogP contribution >= 0.6 is 0 Å². The molecule has 0 aliphatic rings. The van der Waals surface area contributed by atoms with E-state index in [9.17, 15) is 9.59 Å². The van der Waals surface area contributed by atoms with Gasteiger partial charge in [-0.05, 0) is 62.9 Å². The molecule has 0 fully saturated rings. The van der Waals surface area contributed by atoms with Gasteiger partial charge in [-0.2, -0.15) is 0 Å². The molecule has 35 heavy (non-hydrogen) atoms. The molecule has 0 spiro atoms. The molecule has 0 saturated carbocycles. The molecule has 0 aliphatic carbocycles. The van der Waals surface area contributed by atoms with Gasteiger partial charge in [0.2, 0.25) is 0 Å². The fourth-order valence-electron chi connectivity index (χ4n) is 2.42. The van der Waals surface area contributed by atoms with Crippen LogP contribution in [0.4, 0.5) is 0 Å². The maximum atomic E-state index is 11.3. The number of aryl methyl sites for hydroxylation is 1. The fourth-order valence-corrected chi connectivity index (χ4v) is 2.42. The summed E-state index contributed by atoms with van der Waals surface area (Å²) in [5, 5.41) is 7.00. The number of aliphatic hydroxyl groups is 1. The first-order chi connectivity index (χ1) is 16.7. The summed E-state index contributed by atoms with van der Waals surface area (Å²) in [5.41, 5.74) is 6.50. The SMILES string of the molecule is C/C=C\c1cc(-c2ccc(C(C)=O)cc2)ccc1C.C=C(C)C(C)C(C)=O.CC.CC.CC.CO. The van der Waals surface area contributed by atoms with E-state index < -0.39 is 0 Å². The Bertz CT molecular complexity index is 830. The molecule has 1 unspecified atom stereocenters. The average Bonchev–Trinajstić information content (AvgIpc) is 2.90. The molecule has 0 radical (unpaired) electrons. The highest BCUT2D eigenvalue weighted by Gasteiger charge is 2.05. The second-order valence-corrected chi connectivity index (χ2v) is 6.88. The third kappa shape index (κ3) is 17.3. The largest absolute Gasteiger partial charge is 0.400 e. The maximum Gasteiger partial charge on any atom is 0.159 e. The number of hydrogen-bond donors (Lipinski definition) is 1. The normalized spacial score (nSPS) is 9.54. The van der Waals surface area contributed by atoms with Crippen molar-refractivity contribution in [3.8, 4) is 11.1 Å². The molecule has 3 nitrogen and oxygen atoms in total. The van der Waals surface area contributed by atoms with Gasteiger partial charge in [0, 0.05) is 18.6 Å². The minimum Gasteiger partial charge on any atom is -0.400 e. The van der Waals surface area contributed by atoms with Crippen molar-refractivity contribution in [2.75, 3.05) is 7.11 Å². The van der Waals surface area contributed by atoms with Crippen molar-refractivity contribution >= 4 is 17.6 Å². The van der Waals surface area contributed by atoms with Gasteiger partial charge in [0.05, 0.1) is 0 Å². The lowest BCUT2D eigenvalue weighted by Crippen LogP contribution is -2.05. The van der Waals surface area contributed by atoms with Crippen LogP contribution in [0.3, 0.4) is 0 Å². The number of ketones is 2. The second-order valence-electron chi connectivity index (χ2n) is 6.88.